The Balaban J connectivity index is 1.24. The van der Waals surface area contributed by atoms with Gasteiger partial charge in [-0.3, -0.25) is 0 Å². The molecule has 0 saturated carbocycles. The van der Waals surface area contributed by atoms with Gasteiger partial charge in [-0.1, -0.05) is 18.2 Å². The Kier molecular flexibility index (Phi) is 7.12. The molecular weight excluding hydrogens is 430 g/mol. The van der Waals surface area contributed by atoms with Crippen molar-refractivity contribution in [2.45, 2.75) is 19.4 Å². The Bertz CT molecular complexity index is 1100. The average molecular weight is 462 g/mol. The summed E-state index contributed by atoms with van der Waals surface area (Å²) >= 11 is 0. The van der Waals surface area contributed by atoms with Crippen LogP contribution in [0.15, 0.2) is 54.6 Å². The molecule has 0 spiro atoms. The lowest BCUT2D eigenvalue weighted by molar-refractivity contribution is 0.0547. The number of anilines is 2. The van der Waals surface area contributed by atoms with Crippen LogP contribution in [0.4, 0.5) is 11.4 Å². The standard InChI is InChI=1S/C27H31N3O4/c1-31-27-24(12-11-23(30-27)22-5-2-6-25-26(22)34-15-14-33-25)29-21-9-7-19(8-10-21)16-28-17-20-4-3-13-32-18-20/h2,5-12,20,28-29H,3-4,13-18H2,1H3/t20-/m1/s1. The third kappa shape index (κ3) is 5.26. The Morgan fingerprint density at radius 3 is 2.71 bits per heavy atom. The van der Waals surface area contributed by atoms with Crippen molar-refractivity contribution in [1.29, 1.82) is 0 Å². The number of nitrogens with one attached hydrogen (secondary N) is 2. The van der Waals surface area contributed by atoms with Crippen molar-refractivity contribution in [3.8, 4) is 28.6 Å². The molecule has 2 aromatic carbocycles. The van der Waals surface area contributed by atoms with E-state index < -0.39 is 0 Å². The molecule has 0 bridgehead atoms. The molecule has 3 aromatic rings. The van der Waals surface area contributed by atoms with Crippen LogP contribution in [0.2, 0.25) is 0 Å². The number of aromatic nitrogens is 1. The van der Waals surface area contributed by atoms with E-state index in [4.69, 9.17) is 23.9 Å². The van der Waals surface area contributed by atoms with Gasteiger partial charge in [-0.2, -0.15) is 0 Å². The van der Waals surface area contributed by atoms with E-state index in [-0.39, 0.29) is 0 Å². The van der Waals surface area contributed by atoms with E-state index in [1.54, 1.807) is 7.11 Å². The van der Waals surface area contributed by atoms with Gasteiger partial charge in [-0.25, -0.2) is 4.98 Å². The second-order valence-corrected chi connectivity index (χ2v) is 8.62. The lowest BCUT2D eigenvalue weighted by Crippen LogP contribution is -2.28. The van der Waals surface area contributed by atoms with E-state index in [1.807, 2.05) is 30.3 Å². The summed E-state index contributed by atoms with van der Waals surface area (Å²) in [5, 5.41) is 6.97. The number of para-hydroxylation sites is 1. The van der Waals surface area contributed by atoms with E-state index in [2.05, 4.69) is 34.9 Å². The summed E-state index contributed by atoms with van der Waals surface area (Å²) < 4.78 is 22.7. The molecule has 1 saturated heterocycles. The predicted octanol–water partition coefficient (Wildman–Crippen LogP) is 4.79. The fourth-order valence-electron chi connectivity index (χ4n) is 4.37. The highest BCUT2D eigenvalue weighted by Gasteiger charge is 2.19. The molecule has 1 aromatic heterocycles. The molecule has 7 heteroatoms. The number of hydrogen-bond acceptors (Lipinski definition) is 7. The largest absolute Gasteiger partial charge is 0.486 e. The van der Waals surface area contributed by atoms with E-state index >= 15 is 0 Å². The number of ether oxygens (including phenoxy) is 4. The zero-order valence-corrected chi connectivity index (χ0v) is 19.5. The molecule has 0 radical (unpaired) electrons. The molecule has 3 heterocycles. The molecule has 2 aliphatic rings. The van der Waals surface area contributed by atoms with Gasteiger partial charge in [0.05, 0.1) is 19.4 Å². The molecule has 2 N–H and O–H groups in total. The normalized spacial score (nSPS) is 17.3. The number of methoxy groups -OCH3 is 1. The number of nitrogens with zero attached hydrogens (tertiary/aromatic N) is 1. The van der Waals surface area contributed by atoms with Gasteiger partial charge >= 0.3 is 0 Å². The first-order chi connectivity index (χ1) is 16.8. The molecule has 0 unspecified atom stereocenters. The van der Waals surface area contributed by atoms with Crippen molar-refractivity contribution in [3.05, 3.63) is 60.2 Å². The molecule has 1 atom stereocenters. The molecule has 1 fully saturated rings. The third-order valence-electron chi connectivity index (χ3n) is 6.15. The Labute approximate surface area is 200 Å². The van der Waals surface area contributed by atoms with Crippen LogP contribution >= 0.6 is 0 Å². The molecule has 7 nitrogen and oxygen atoms in total. The van der Waals surface area contributed by atoms with Gasteiger partial charge in [0, 0.05) is 30.9 Å². The number of pyridine rings is 1. The van der Waals surface area contributed by atoms with E-state index in [9.17, 15) is 0 Å². The highest BCUT2D eigenvalue weighted by atomic mass is 16.6. The van der Waals surface area contributed by atoms with Crippen LogP contribution in [-0.4, -0.2) is 45.1 Å². The summed E-state index contributed by atoms with van der Waals surface area (Å²) in [6, 6.07) is 18.2. The third-order valence-corrected chi connectivity index (χ3v) is 6.15. The molecule has 0 amide bonds. The maximum absolute atomic E-state index is 5.85. The summed E-state index contributed by atoms with van der Waals surface area (Å²) in [6.07, 6.45) is 2.42. The Morgan fingerprint density at radius 2 is 1.88 bits per heavy atom. The minimum Gasteiger partial charge on any atom is -0.486 e. The summed E-state index contributed by atoms with van der Waals surface area (Å²) in [6.45, 7) is 4.71. The zero-order chi connectivity index (χ0) is 23.2. The molecule has 0 aliphatic carbocycles. The van der Waals surface area contributed by atoms with Crippen LogP contribution in [-0.2, 0) is 11.3 Å². The number of fused-ring (bicyclic) bond motifs is 1. The van der Waals surface area contributed by atoms with Crippen LogP contribution < -0.4 is 24.8 Å². The highest BCUT2D eigenvalue weighted by Crippen LogP contribution is 2.40. The van der Waals surface area contributed by atoms with Crippen LogP contribution in [0, 0.1) is 5.92 Å². The fourth-order valence-corrected chi connectivity index (χ4v) is 4.37. The summed E-state index contributed by atoms with van der Waals surface area (Å²) in [5.41, 5.74) is 4.69. The van der Waals surface area contributed by atoms with Crippen LogP contribution in [0.3, 0.4) is 0 Å². The fraction of sp³-hybridized carbons (Fsp3) is 0.370. The quantitative estimate of drug-likeness (QED) is 0.500. The first kappa shape index (κ1) is 22.5. The molecular formula is C27H31N3O4. The topological polar surface area (TPSA) is 73.9 Å². The van der Waals surface area contributed by atoms with Crippen molar-refractivity contribution >= 4 is 11.4 Å². The Morgan fingerprint density at radius 1 is 1.00 bits per heavy atom. The van der Waals surface area contributed by atoms with Crippen LogP contribution in [0.5, 0.6) is 17.4 Å². The van der Waals surface area contributed by atoms with Crippen molar-refractivity contribution in [1.82, 2.24) is 10.3 Å². The lowest BCUT2D eigenvalue weighted by atomic mass is 10.0. The van der Waals surface area contributed by atoms with Crippen LogP contribution in [0.1, 0.15) is 18.4 Å². The second-order valence-electron chi connectivity index (χ2n) is 8.62. The lowest BCUT2D eigenvalue weighted by Gasteiger charge is -2.22. The van der Waals surface area contributed by atoms with Crippen LogP contribution in [0.25, 0.3) is 11.3 Å². The molecule has 178 valence electrons. The van der Waals surface area contributed by atoms with E-state index in [0.717, 1.165) is 60.4 Å². The molecule has 5 rings (SSSR count). The van der Waals surface area contributed by atoms with E-state index in [0.29, 0.717) is 25.0 Å². The van der Waals surface area contributed by atoms with Gasteiger partial charge in [0.25, 0.3) is 0 Å². The van der Waals surface area contributed by atoms with Gasteiger partial charge in [0.1, 0.15) is 18.9 Å². The van der Waals surface area contributed by atoms with Gasteiger partial charge in [-0.05, 0) is 60.7 Å². The van der Waals surface area contributed by atoms with Crippen molar-refractivity contribution in [2.24, 2.45) is 5.92 Å². The predicted molar refractivity (Wildman–Crippen MR) is 132 cm³/mol. The number of hydrogen-bond donors (Lipinski definition) is 2. The number of benzene rings is 2. The molecule has 34 heavy (non-hydrogen) atoms. The molecule has 2 aliphatic heterocycles. The minimum atomic E-state index is 0.521. The maximum atomic E-state index is 5.85. The first-order valence-corrected chi connectivity index (χ1v) is 11.9. The number of rotatable bonds is 8. The second kappa shape index (κ2) is 10.8. The summed E-state index contributed by atoms with van der Waals surface area (Å²) in [4.78, 5) is 4.73. The monoisotopic (exact) mass is 461 g/mol. The minimum absolute atomic E-state index is 0.521. The smallest absolute Gasteiger partial charge is 0.238 e. The first-order valence-electron chi connectivity index (χ1n) is 11.9. The summed E-state index contributed by atoms with van der Waals surface area (Å²) in [5.74, 6) is 2.61. The zero-order valence-electron chi connectivity index (χ0n) is 19.5. The van der Waals surface area contributed by atoms with Gasteiger partial charge < -0.3 is 29.6 Å². The average Bonchev–Trinajstić information content (AvgIpc) is 2.90. The van der Waals surface area contributed by atoms with E-state index in [1.165, 1.54) is 18.4 Å². The Hall–Kier alpha value is -3.29. The van der Waals surface area contributed by atoms with Crippen molar-refractivity contribution < 1.29 is 18.9 Å². The summed E-state index contributed by atoms with van der Waals surface area (Å²) in [7, 11) is 1.63. The van der Waals surface area contributed by atoms with Gasteiger partial charge in [-0.15, -0.1) is 0 Å². The van der Waals surface area contributed by atoms with Crippen molar-refractivity contribution in [2.75, 3.05) is 45.4 Å². The van der Waals surface area contributed by atoms with Gasteiger partial charge in [0.15, 0.2) is 11.5 Å². The SMILES string of the molecule is COc1nc(-c2cccc3c2OCCO3)ccc1Nc1ccc(CNC[C@H]2CCCOC2)cc1. The van der Waals surface area contributed by atoms with Gasteiger partial charge in [0.2, 0.25) is 5.88 Å². The maximum Gasteiger partial charge on any atom is 0.238 e. The van der Waals surface area contributed by atoms with Crippen molar-refractivity contribution in [3.63, 3.8) is 0 Å². The highest BCUT2D eigenvalue weighted by molar-refractivity contribution is 5.74.